The van der Waals surface area contributed by atoms with Crippen LogP contribution < -0.4 is 16.0 Å². The lowest BCUT2D eigenvalue weighted by Crippen LogP contribution is -2.10. The van der Waals surface area contributed by atoms with Crippen molar-refractivity contribution in [3.05, 3.63) is 39.4 Å². The number of nitrogens with two attached hydrogens (primary N) is 1. The molecule has 3 N–H and O–H groups in total. The Balaban J connectivity index is 2.25. The summed E-state index contributed by atoms with van der Waals surface area (Å²) in [5, 5.41) is 0. The number of nitrogens with one attached hydrogen (secondary N) is 1. The van der Waals surface area contributed by atoms with E-state index in [0.29, 0.717) is 22.1 Å². The number of hydrazine groups is 1. The molecule has 2 aromatic rings. The minimum Gasteiger partial charge on any atom is -0.438 e. The van der Waals surface area contributed by atoms with Gasteiger partial charge in [-0.15, -0.1) is 0 Å². The molecule has 0 amide bonds. The Kier molecular flexibility index (Phi) is 3.93. The molecule has 0 spiro atoms. The molecule has 7 heteroatoms. The second-order valence-corrected chi connectivity index (χ2v) is 4.82. The van der Waals surface area contributed by atoms with Crippen LogP contribution in [0.3, 0.4) is 0 Å². The summed E-state index contributed by atoms with van der Waals surface area (Å²) in [6, 6.07) is 7.42. The molecule has 0 aliphatic carbocycles. The number of aromatic nitrogens is 2. The fourth-order valence-electron chi connectivity index (χ4n) is 1.11. The van der Waals surface area contributed by atoms with E-state index < -0.39 is 0 Å². The normalized spacial score (nSPS) is 10.1. The average Bonchev–Trinajstić information content (AvgIpc) is 2.35. The third kappa shape index (κ3) is 3.15. The molecule has 0 radical (unpaired) electrons. The molecule has 1 aromatic heterocycles. The van der Waals surface area contributed by atoms with E-state index in [2.05, 4.69) is 47.3 Å². The van der Waals surface area contributed by atoms with Crippen LogP contribution in [0.25, 0.3) is 0 Å². The Bertz CT molecular complexity index is 518. The molecular formula is C10H8Br2N4O. The summed E-state index contributed by atoms with van der Waals surface area (Å²) in [7, 11) is 0. The van der Waals surface area contributed by atoms with Crippen LogP contribution in [0.5, 0.6) is 11.6 Å². The van der Waals surface area contributed by atoms with Gasteiger partial charge in [-0.25, -0.2) is 10.8 Å². The van der Waals surface area contributed by atoms with Crippen LogP contribution in [-0.2, 0) is 0 Å². The van der Waals surface area contributed by atoms with Crippen molar-refractivity contribution >= 4 is 37.8 Å². The van der Waals surface area contributed by atoms with Gasteiger partial charge >= 0.3 is 0 Å². The van der Waals surface area contributed by atoms with E-state index in [1.807, 2.05) is 24.3 Å². The molecule has 0 unspecified atom stereocenters. The van der Waals surface area contributed by atoms with Crippen molar-refractivity contribution in [3.63, 3.8) is 0 Å². The Morgan fingerprint density at radius 2 is 1.88 bits per heavy atom. The second-order valence-electron chi connectivity index (χ2n) is 3.05. The number of nitrogen functional groups attached to an aromatic ring is 1. The number of rotatable bonds is 3. The maximum absolute atomic E-state index is 5.59. The molecule has 2 rings (SSSR count). The number of halogens is 2. The minimum absolute atomic E-state index is 0.292. The van der Waals surface area contributed by atoms with Gasteiger partial charge in [-0.1, -0.05) is 15.9 Å². The molecular weight excluding hydrogens is 352 g/mol. The van der Waals surface area contributed by atoms with Crippen molar-refractivity contribution in [2.24, 2.45) is 5.84 Å². The van der Waals surface area contributed by atoms with E-state index in [4.69, 9.17) is 10.6 Å². The Morgan fingerprint density at radius 1 is 1.18 bits per heavy atom. The SMILES string of the molecule is NNc1ncc(Br)c(Oc2ccc(Br)cc2)n1. The summed E-state index contributed by atoms with van der Waals surface area (Å²) in [4.78, 5) is 8.01. The number of ether oxygens (including phenoxy) is 1. The molecule has 1 heterocycles. The highest BCUT2D eigenvalue weighted by Crippen LogP contribution is 2.28. The maximum atomic E-state index is 5.59. The van der Waals surface area contributed by atoms with Gasteiger partial charge in [0.15, 0.2) is 0 Å². The largest absolute Gasteiger partial charge is 0.438 e. The molecule has 88 valence electrons. The fraction of sp³-hybridized carbons (Fsp3) is 0. The summed E-state index contributed by atoms with van der Waals surface area (Å²) in [5.74, 6) is 6.60. The molecule has 0 atom stereocenters. The second kappa shape index (κ2) is 5.44. The molecule has 0 aliphatic rings. The zero-order chi connectivity index (χ0) is 12.3. The molecule has 1 aromatic carbocycles. The molecule has 17 heavy (non-hydrogen) atoms. The quantitative estimate of drug-likeness (QED) is 0.650. The Hall–Kier alpha value is -1.18. The van der Waals surface area contributed by atoms with Gasteiger partial charge in [0.05, 0.1) is 10.7 Å². The third-order valence-electron chi connectivity index (χ3n) is 1.87. The van der Waals surface area contributed by atoms with E-state index >= 15 is 0 Å². The summed E-state index contributed by atoms with van der Waals surface area (Å²) in [6.07, 6.45) is 1.57. The van der Waals surface area contributed by atoms with Crippen LogP contribution in [0.2, 0.25) is 0 Å². The van der Waals surface area contributed by atoms with E-state index in [0.717, 1.165) is 4.47 Å². The summed E-state index contributed by atoms with van der Waals surface area (Å²) in [6.45, 7) is 0. The lowest BCUT2D eigenvalue weighted by atomic mass is 10.3. The van der Waals surface area contributed by atoms with Crippen molar-refractivity contribution in [2.75, 3.05) is 5.43 Å². The van der Waals surface area contributed by atoms with Crippen molar-refractivity contribution in [3.8, 4) is 11.6 Å². The Labute approximate surface area is 115 Å². The van der Waals surface area contributed by atoms with Gasteiger partial charge in [-0.3, -0.25) is 5.43 Å². The highest BCUT2D eigenvalue weighted by atomic mass is 79.9. The van der Waals surface area contributed by atoms with E-state index in [9.17, 15) is 0 Å². The van der Waals surface area contributed by atoms with Gasteiger partial charge in [0.1, 0.15) is 5.75 Å². The highest BCUT2D eigenvalue weighted by Gasteiger charge is 2.06. The smallest absolute Gasteiger partial charge is 0.240 e. The molecule has 0 bridgehead atoms. The highest BCUT2D eigenvalue weighted by molar-refractivity contribution is 9.10. The standard InChI is InChI=1S/C10H8Br2N4O/c11-6-1-3-7(4-2-6)17-9-8(12)5-14-10(15-9)16-13/h1-5H,13H2,(H,14,15,16). The minimum atomic E-state index is 0.292. The fourth-order valence-corrected chi connectivity index (χ4v) is 1.64. The van der Waals surface area contributed by atoms with Crippen molar-refractivity contribution in [1.29, 1.82) is 0 Å². The van der Waals surface area contributed by atoms with Crippen LogP contribution >= 0.6 is 31.9 Å². The van der Waals surface area contributed by atoms with Gasteiger partial charge in [-0.2, -0.15) is 4.98 Å². The van der Waals surface area contributed by atoms with Crippen LogP contribution in [0.1, 0.15) is 0 Å². The first-order valence-electron chi connectivity index (χ1n) is 4.61. The van der Waals surface area contributed by atoms with Gasteiger partial charge in [0.25, 0.3) is 0 Å². The number of benzene rings is 1. The number of anilines is 1. The summed E-state index contributed by atoms with van der Waals surface area (Å²) in [5.41, 5.74) is 2.36. The molecule has 5 nitrogen and oxygen atoms in total. The van der Waals surface area contributed by atoms with Crippen molar-refractivity contribution in [1.82, 2.24) is 9.97 Å². The number of nitrogens with zero attached hydrogens (tertiary/aromatic N) is 2. The van der Waals surface area contributed by atoms with Gasteiger partial charge in [-0.05, 0) is 40.2 Å². The lowest BCUT2D eigenvalue weighted by molar-refractivity contribution is 0.459. The van der Waals surface area contributed by atoms with Crippen molar-refractivity contribution < 1.29 is 4.74 Å². The maximum Gasteiger partial charge on any atom is 0.240 e. The van der Waals surface area contributed by atoms with Crippen LogP contribution in [0, 0.1) is 0 Å². The number of hydrogen-bond acceptors (Lipinski definition) is 5. The predicted octanol–water partition coefficient (Wildman–Crippen LogP) is 3.08. The first-order valence-corrected chi connectivity index (χ1v) is 6.20. The zero-order valence-corrected chi connectivity index (χ0v) is 11.7. The van der Waals surface area contributed by atoms with Crippen LogP contribution in [-0.4, -0.2) is 9.97 Å². The van der Waals surface area contributed by atoms with Gasteiger partial charge < -0.3 is 4.74 Å². The van der Waals surface area contributed by atoms with Gasteiger partial charge in [0, 0.05) is 4.47 Å². The third-order valence-corrected chi connectivity index (χ3v) is 2.94. The average molecular weight is 360 g/mol. The lowest BCUT2D eigenvalue weighted by Gasteiger charge is -2.07. The monoisotopic (exact) mass is 358 g/mol. The van der Waals surface area contributed by atoms with Gasteiger partial charge in [0.2, 0.25) is 11.8 Å². The topological polar surface area (TPSA) is 73.1 Å². The summed E-state index contributed by atoms with van der Waals surface area (Å²) >= 11 is 6.65. The van der Waals surface area contributed by atoms with E-state index in [1.54, 1.807) is 6.20 Å². The van der Waals surface area contributed by atoms with Crippen LogP contribution in [0.15, 0.2) is 39.4 Å². The molecule has 0 saturated carbocycles. The van der Waals surface area contributed by atoms with Crippen molar-refractivity contribution in [2.45, 2.75) is 0 Å². The van der Waals surface area contributed by atoms with E-state index in [1.165, 1.54) is 0 Å². The molecule has 0 saturated heterocycles. The van der Waals surface area contributed by atoms with E-state index in [-0.39, 0.29) is 0 Å². The van der Waals surface area contributed by atoms with Crippen LogP contribution in [0.4, 0.5) is 5.95 Å². The number of hydrogen-bond donors (Lipinski definition) is 2. The first-order chi connectivity index (χ1) is 8.19. The predicted molar refractivity (Wildman–Crippen MR) is 71.8 cm³/mol. The molecule has 0 aliphatic heterocycles. The first kappa shape index (κ1) is 12.3. The summed E-state index contributed by atoms with van der Waals surface area (Å²) < 4.78 is 7.23. The Morgan fingerprint density at radius 3 is 2.53 bits per heavy atom. The molecule has 0 fully saturated rings. The zero-order valence-electron chi connectivity index (χ0n) is 8.52.